The van der Waals surface area contributed by atoms with E-state index in [1.54, 1.807) is 10.9 Å². The molecule has 0 saturated heterocycles. The van der Waals surface area contributed by atoms with Gasteiger partial charge in [-0.2, -0.15) is 0 Å². The summed E-state index contributed by atoms with van der Waals surface area (Å²) in [7, 11) is 1.31. The molecule has 1 atom stereocenters. The lowest BCUT2D eigenvalue weighted by Gasteiger charge is -2.26. The monoisotopic (exact) mass is 256 g/mol. The quantitative estimate of drug-likeness (QED) is 0.750. The van der Waals surface area contributed by atoms with Gasteiger partial charge in [-0.1, -0.05) is 6.92 Å². The first kappa shape index (κ1) is 13.6. The lowest BCUT2D eigenvalue weighted by molar-refractivity contribution is -0.141. The maximum absolute atomic E-state index is 12.1. The molecule has 0 unspecified atom stereocenters. The summed E-state index contributed by atoms with van der Waals surface area (Å²) >= 11 is 1.35. The van der Waals surface area contributed by atoms with Crippen LogP contribution in [0.3, 0.4) is 0 Å². The number of rotatable bonds is 5. The number of esters is 1. The van der Waals surface area contributed by atoms with Crippen LogP contribution in [0, 0.1) is 0 Å². The fraction of sp³-hybridized carbons (Fsp3) is 0.545. The molecule has 0 aromatic carbocycles. The predicted octanol–water partition coefficient (Wildman–Crippen LogP) is 1.56. The highest BCUT2D eigenvalue weighted by Gasteiger charge is 2.24. The minimum Gasteiger partial charge on any atom is -0.468 e. The van der Waals surface area contributed by atoms with Crippen molar-refractivity contribution in [2.45, 2.75) is 26.3 Å². The standard InChI is InChI=1S/C11H16N2O3S/c1-4-8(2)13(5-10(14)16-3)11(15)9-6-17-7-12-9/h6-8H,4-5H2,1-3H3/t8-/m0/s1. The summed E-state index contributed by atoms with van der Waals surface area (Å²) in [6, 6.07) is -0.0247. The average Bonchev–Trinajstić information content (AvgIpc) is 2.87. The van der Waals surface area contributed by atoms with Gasteiger partial charge in [0.1, 0.15) is 12.2 Å². The van der Waals surface area contributed by atoms with Crippen molar-refractivity contribution in [3.63, 3.8) is 0 Å². The number of carbonyl (C=O) groups is 2. The highest BCUT2D eigenvalue weighted by atomic mass is 32.1. The molecule has 5 nitrogen and oxygen atoms in total. The van der Waals surface area contributed by atoms with E-state index in [4.69, 9.17) is 0 Å². The SMILES string of the molecule is CC[C@H](C)N(CC(=O)OC)C(=O)c1cscn1. The van der Waals surface area contributed by atoms with Crippen LogP contribution in [0.25, 0.3) is 0 Å². The van der Waals surface area contributed by atoms with Crippen molar-refractivity contribution in [2.75, 3.05) is 13.7 Å². The molecule has 0 aliphatic heterocycles. The zero-order chi connectivity index (χ0) is 12.8. The lowest BCUT2D eigenvalue weighted by atomic mass is 10.2. The van der Waals surface area contributed by atoms with Crippen LogP contribution < -0.4 is 0 Å². The highest BCUT2D eigenvalue weighted by molar-refractivity contribution is 7.07. The Morgan fingerprint density at radius 1 is 1.59 bits per heavy atom. The van der Waals surface area contributed by atoms with Gasteiger partial charge in [0.15, 0.2) is 0 Å². The third-order valence-corrected chi connectivity index (χ3v) is 3.15. The second-order valence-corrected chi connectivity index (χ2v) is 4.36. The zero-order valence-corrected chi connectivity index (χ0v) is 11.0. The predicted molar refractivity (Wildman–Crippen MR) is 64.9 cm³/mol. The molecule has 0 saturated carbocycles. The number of methoxy groups -OCH3 is 1. The number of carbonyl (C=O) groups excluding carboxylic acids is 2. The Labute approximate surface area is 104 Å². The molecule has 0 aliphatic carbocycles. The summed E-state index contributed by atoms with van der Waals surface area (Å²) < 4.78 is 4.59. The first-order valence-corrected chi connectivity index (χ1v) is 6.30. The number of thiazole rings is 1. The number of nitrogens with zero attached hydrogens (tertiary/aromatic N) is 2. The van der Waals surface area contributed by atoms with E-state index in [0.717, 1.165) is 6.42 Å². The van der Waals surface area contributed by atoms with Crippen LogP contribution in [0.5, 0.6) is 0 Å². The Hall–Kier alpha value is -1.43. The van der Waals surface area contributed by atoms with Gasteiger partial charge in [-0.25, -0.2) is 4.98 Å². The van der Waals surface area contributed by atoms with Gasteiger partial charge in [0, 0.05) is 11.4 Å². The minimum absolute atomic E-state index is 0.0247. The van der Waals surface area contributed by atoms with Crippen LogP contribution >= 0.6 is 11.3 Å². The minimum atomic E-state index is -0.422. The third-order valence-electron chi connectivity index (χ3n) is 2.56. The van der Waals surface area contributed by atoms with Crippen molar-refractivity contribution in [1.29, 1.82) is 0 Å². The summed E-state index contributed by atoms with van der Waals surface area (Å²) in [5.74, 6) is -0.653. The molecule has 0 radical (unpaired) electrons. The summed E-state index contributed by atoms with van der Waals surface area (Å²) in [4.78, 5) is 28.9. The molecule has 1 rings (SSSR count). The summed E-state index contributed by atoms with van der Waals surface area (Å²) in [6.45, 7) is 3.82. The first-order valence-electron chi connectivity index (χ1n) is 5.36. The summed E-state index contributed by atoms with van der Waals surface area (Å²) in [5, 5.41) is 1.68. The fourth-order valence-electron chi connectivity index (χ4n) is 1.32. The fourth-order valence-corrected chi connectivity index (χ4v) is 1.84. The van der Waals surface area contributed by atoms with Gasteiger partial charge in [-0.15, -0.1) is 11.3 Å². The first-order chi connectivity index (χ1) is 8.10. The van der Waals surface area contributed by atoms with Crippen LogP contribution in [0.1, 0.15) is 30.8 Å². The molecule has 1 heterocycles. The summed E-state index contributed by atoms with van der Waals surface area (Å²) in [5.41, 5.74) is 1.97. The van der Waals surface area contributed by atoms with E-state index in [1.165, 1.54) is 23.3 Å². The van der Waals surface area contributed by atoms with Gasteiger partial charge in [0.2, 0.25) is 0 Å². The molecule has 0 N–H and O–H groups in total. The van der Waals surface area contributed by atoms with Crippen molar-refractivity contribution in [1.82, 2.24) is 9.88 Å². The Balaban J connectivity index is 2.83. The van der Waals surface area contributed by atoms with Crippen molar-refractivity contribution >= 4 is 23.2 Å². The van der Waals surface area contributed by atoms with Gasteiger partial charge in [0.25, 0.3) is 5.91 Å². The van der Waals surface area contributed by atoms with Crippen LogP contribution in [0.4, 0.5) is 0 Å². The molecule has 6 heteroatoms. The Kier molecular flexibility index (Phi) is 5.09. The van der Waals surface area contributed by atoms with E-state index in [9.17, 15) is 9.59 Å². The zero-order valence-electron chi connectivity index (χ0n) is 10.2. The molecule has 1 amide bonds. The second-order valence-electron chi connectivity index (χ2n) is 3.64. The molecule has 0 fully saturated rings. The van der Waals surface area contributed by atoms with Crippen LogP contribution in [-0.2, 0) is 9.53 Å². The van der Waals surface area contributed by atoms with Gasteiger partial charge < -0.3 is 9.64 Å². The maximum Gasteiger partial charge on any atom is 0.325 e. The Morgan fingerprint density at radius 3 is 2.76 bits per heavy atom. The van der Waals surface area contributed by atoms with Crippen molar-refractivity contribution in [3.05, 3.63) is 16.6 Å². The van der Waals surface area contributed by atoms with Crippen LogP contribution in [0.15, 0.2) is 10.9 Å². The number of ether oxygens (including phenoxy) is 1. The number of hydrogen-bond acceptors (Lipinski definition) is 5. The second kappa shape index (κ2) is 6.34. The van der Waals surface area contributed by atoms with Crippen LogP contribution in [-0.4, -0.2) is 41.5 Å². The Morgan fingerprint density at radius 2 is 2.29 bits per heavy atom. The van der Waals surface area contributed by atoms with Gasteiger partial charge in [-0.3, -0.25) is 9.59 Å². The van der Waals surface area contributed by atoms with E-state index in [-0.39, 0.29) is 18.5 Å². The molecule has 17 heavy (non-hydrogen) atoms. The maximum atomic E-state index is 12.1. The van der Waals surface area contributed by atoms with Gasteiger partial charge in [0.05, 0.1) is 12.6 Å². The van der Waals surface area contributed by atoms with Gasteiger partial charge in [-0.05, 0) is 13.3 Å². The largest absolute Gasteiger partial charge is 0.468 e. The van der Waals surface area contributed by atoms with E-state index in [2.05, 4.69) is 9.72 Å². The van der Waals surface area contributed by atoms with E-state index < -0.39 is 5.97 Å². The third kappa shape index (κ3) is 3.52. The number of amides is 1. The lowest BCUT2D eigenvalue weighted by Crippen LogP contribution is -2.42. The Bertz CT molecular complexity index is 378. The molecule has 0 bridgehead atoms. The number of aromatic nitrogens is 1. The van der Waals surface area contributed by atoms with E-state index in [1.807, 2.05) is 13.8 Å². The smallest absolute Gasteiger partial charge is 0.325 e. The molecular formula is C11H16N2O3S. The molecule has 1 aromatic rings. The van der Waals surface area contributed by atoms with Crippen molar-refractivity contribution < 1.29 is 14.3 Å². The molecular weight excluding hydrogens is 240 g/mol. The van der Waals surface area contributed by atoms with Crippen LogP contribution in [0.2, 0.25) is 0 Å². The van der Waals surface area contributed by atoms with Crippen molar-refractivity contribution in [2.24, 2.45) is 0 Å². The van der Waals surface area contributed by atoms with E-state index >= 15 is 0 Å². The normalized spacial score (nSPS) is 11.9. The molecule has 0 spiro atoms. The molecule has 94 valence electrons. The topological polar surface area (TPSA) is 59.5 Å². The molecule has 0 aliphatic rings. The highest BCUT2D eigenvalue weighted by Crippen LogP contribution is 2.11. The van der Waals surface area contributed by atoms with Gasteiger partial charge >= 0.3 is 5.97 Å². The van der Waals surface area contributed by atoms with E-state index in [0.29, 0.717) is 5.69 Å². The average molecular weight is 256 g/mol. The number of hydrogen-bond donors (Lipinski definition) is 0. The van der Waals surface area contributed by atoms with Crippen molar-refractivity contribution in [3.8, 4) is 0 Å². The molecule has 1 aromatic heterocycles. The summed E-state index contributed by atoms with van der Waals surface area (Å²) in [6.07, 6.45) is 0.771.